The predicted molar refractivity (Wildman–Crippen MR) is 128 cm³/mol. The SMILES string of the molecule is CCN1C=CC(c2c(-c3ccccn3)nn3c2CCC3)c2ccc(OCCCNC)cc21. The number of hydrogen-bond donors (Lipinski definition) is 1. The van der Waals surface area contributed by atoms with Gasteiger partial charge >= 0.3 is 0 Å². The van der Waals surface area contributed by atoms with Gasteiger partial charge in [-0.05, 0) is 63.5 Å². The van der Waals surface area contributed by atoms with E-state index in [0.29, 0.717) is 6.61 Å². The molecule has 0 spiro atoms. The highest BCUT2D eigenvalue weighted by atomic mass is 16.5. The Bertz CT molecular complexity index is 1100. The van der Waals surface area contributed by atoms with Crippen LogP contribution in [0, 0.1) is 0 Å². The molecule has 0 aliphatic carbocycles. The first kappa shape index (κ1) is 20.8. The molecule has 0 saturated carbocycles. The van der Waals surface area contributed by atoms with Gasteiger partial charge < -0.3 is 15.0 Å². The van der Waals surface area contributed by atoms with E-state index in [4.69, 9.17) is 9.84 Å². The van der Waals surface area contributed by atoms with Crippen LogP contribution in [-0.4, -0.2) is 41.5 Å². The molecular formula is C26H31N5O. The maximum absolute atomic E-state index is 6.04. The number of nitrogens with one attached hydrogen (secondary N) is 1. The molecule has 0 bridgehead atoms. The maximum Gasteiger partial charge on any atom is 0.121 e. The quantitative estimate of drug-likeness (QED) is 0.539. The molecule has 5 rings (SSSR count). The van der Waals surface area contributed by atoms with E-state index in [9.17, 15) is 0 Å². The summed E-state index contributed by atoms with van der Waals surface area (Å²) in [6.07, 6.45) is 9.61. The van der Waals surface area contributed by atoms with Gasteiger partial charge in [-0.3, -0.25) is 9.67 Å². The smallest absolute Gasteiger partial charge is 0.121 e. The highest BCUT2D eigenvalue weighted by molar-refractivity contribution is 5.70. The van der Waals surface area contributed by atoms with Crippen molar-refractivity contribution in [3.8, 4) is 17.1 Å². The third kappa shape index (κ3) is 3.79. The second-order valence-corrected chi connectivity index (χ2v) is 8.38. The van der Waals surface area contributed by atoms with E-state index < -0.39 is 0 Å². The van der Waals surface area contributed by atoms with Crippen LogP contribution < -0.4 is 15.0 Å². The van der Waals surface area contributed by atoms with Crippen LogP contribution >= 0.6 is 0 Å². The van der Waals surface area contributed by atoms with Crippen molar-refractivity contribution >= 4 is 5.69 Å². The lowest BCUT2D eigenvalue weighted by molar-refractivity contribution is 0.310. The summed E-state index contributed by atoms with van der Waals surface area (Å²) in [5, 5.41) is 8.17. The lowest BCUT2D eigenvalue weighted by Gasteiger charge is -2.31. The van der Waals surface area contributed by atoms with Gasteiger partial charge in [0.2, 0.25) is 0 Å². The van der Waals surface area contributed by atoms with Crippen LogP contribution in [0.5, 0.6) is 5.75 Å². The van der Waals surface area contributed by atoms with Crippen molar-refractivity contribution in [2.24, 2.45) is 0 Å². The molecule has 32 heavy (non-hydrogen) atoms. The minimum atomic E-state index is 0.157. The number of ether oxygens (including phenoxy) is 1. The van der Waals surface area contributed by atoms with E-state index in [1.807, 2.05) is 25.4 Å². The van der Waals surface area contributed by atoms with Crippen LogP contribution in [0.15, 0.2) is 54.9 Å². The van der Waals surface area contributed by atoms with Crippen molar-refractivity contribution in [3.05, 3.63) is 71.7 Å². The minimum absolute atomic E-state index is 0.157. The molecule has 6 heteroatoms. The van der Waals surface area contributed by atoms with Crippen molar-refractivity contribution in [1.82, 2.24) is 20.1 Å². The zero-order chi connectivity index (χ0) is 21.9. The molecule has 6 nitrogen and oxygen atoms in total. The fourth-order valence-electron chi connectivity index (χ4n) is 4.84. The average Bonchev–Trinajstić information content (AvgIpc) is 3.43. The van der Waals surface area contributed by atoms with Crippen molar-refractivity contribution in [1.29, 1.82) is 0 Å². The van der Waals surface area contributed by atoms with Gasteiger partial charge in [-0.25, -0.2) is 0 Å². The summed E-state index contributed by atoms with van der Waals surface area (Å²) in [4.78, 5) is 6.93. The standard InChI is InChI=1S/C26H31N5O/c1-3-30-16-12-21(20-11-10-19(18-24(20)30)32-17-7-13-27-2)25-23-9-6-15-31(23)29-26(25)22-8-4-5-14-28-22/h4-5,8,10-12,14,16,18,21,27H,3,6-7,9,13,15,17H2,1-2H3. The largest absolute Gasteiger partial charge is 0.493 e. The fraction of sp³-hybridized carbons (Fsp3) is 0.385. The third-order valence-corrected chi connectivity index (χ3v) is 6.39. The average molecular weight is 430 g/mol. The van der Waals surface area contributed by atoms with Gasteiger partial charge in [0.1, 0.15) is 11.4 Å². The Labute approximate surface area is 189 Å². The molecule has 1 unspecified atom stereocenters. The molecule has 0 radical (unpaired) electrons. The van der Waals surface area contributed by atoms with Gasteiger partial charge in [0.05, 0.1) is 12.3 Å². The molecule has 1 atom stereocenters. The van der Waals surface area contributed by atoms with Gasteiger partial charge in [-0.15, -0.1) is 0 Å². The first-order valence-electron chi connectivity index (χ1n) is 11.7. The number of aromatic nitrogens is 3. The predicted octanol–water partition coefficient (Wildman–Crippen LogP) is 4.37. The molecule has 2 aliphatic rings. The van der Waals surface area contributed by atoms with E-state index in [1.54, 1.807) is 0 Å². The number of pyridine rings is 1. The van der Waals surface area contributed by atoms with Crippen LogP contribution in [0.1, 0.15) is 42.5 Å². The molecule has 166 valence electrons. The Morgan fingerprint density at radius 2 is 2.16 bits per heavy atom. The van der Waals surface area contributed by atoms with Crippen LogP contribution in [0.3, 0.4) is 0 Å². The van der Waals surface area contributed by atoms with Crippen molar-refractivity contribution in [2.45, 2.75) is 38.6 Å². The highest BCUT2D eigenvalue weighted by Gasteiger charge is 2.32. The molecule has 1 aromatic carbocycles. The van der Waals surface area contributed by atoms with Gasteiger partial charge in [0.25, 0.3) is 0 Å². The van der Waals surface area contributed by atoms with Crippen LogP contribution in [0.25, 0.3) is 11.4 Å². The monoisotopic (exact) mass is 429 g/mol. The molecule has 4 heterocycles. The Morgan fingerprint density at radius 1 is 1.22 bits per heavy atom. The summed E-state index contributed by atoms with van der Waals surface area (Å²) in [5.74, 6) is 1.09. The van der Waals surface area contributed by atoms with Gasteiger partial charge in [-0.2, -0.15) is 5.10 Å². The Hall–Kier alpha value is -3.12. The van der Waals surface area contributed by atoms with E-state index in [1.165, 1.54) is 22.5 Å². The molecule has 1 N–H and O–H groups in total. The lowest BCUT2D eigenvalue weighted by atomic mass is 9.85. The normalized spacial score (nSPS) is 16.8. The molecule has 0 fully saturated rings. The zero-order valence-corrected chi connectivity index (χ0v) is 18.9. The second-order valence-electron chi connectivity index (χ2n) is 8.38. The fourth-order valence-corrected chi connectivity index (χ4v) is 4.84. The van der Waals surface area contributed by atoms with Crippen LogP contribution in [-0.2, 0) is 13.0 Å². The number of fused-ring (bicyclic) bond motifs is 2. The third-order valence-electron chi connectivity index (χ3n) is 6.39. The molecule has 2 aromatic heterocycles. The summed E-state index contributed by atoms with van der Waals surface area (Å²) < 4.78 is 8.24. The zero-order valence-electron chi connectivity index (χ0n) is 18.9. The minimum Gasteiger partial charge on any atom is -0.493 e. The molecule has 3 aromatic rings. The number of anilines is 1. The van der Waals surface area contributed by atoms with Gasteiger partial charge in [0, 0.05) is 54.4 Å². The summed E-state index contributed by atoms with van der Waals surface area (Å²) >= 11 is 0. The van der Waals surface area contributed by atoms with Crippen LogP contribution in [0.2, 0.25) is 0 Å². The summed E-state index contributed by atoms with van der Waals surface area (Å²) in [5.41, 5.74) is 7.13. The van der Waals surface area contributed by atoms with Crippen molar-refractivity contribution < 1.29 is 4.74 Å². The summed E-state index contributed by atoms with van der Waals surface area (Å²) in [6, 6.07) is 12.6. The summed E-state index contributed by atoms with van der Waals surface area (Å²) in [6.45, 7) is 5.76. The highest BCUT2D eigenvalue weighted by Crippen LogP contribution is 2.44. The molecule has 2 aliphatic heterocycles. The van der Waals surface area contributed by atoms with Crippen LogP contribution in [0.4, 0.5) is 5.69 Å². The van der Waals surface area contributed by atoms with Gasteiger partial charge in [-0.1, -0.05) is 18.2 Å². The van der Waals surface area contributed by atoms with E-state index in [-0.39, 0.29) is 5.92 Å². The van der Waals surface area contributed by atoms with Gasteiger partial charge in [0.15, 0.2) is 0 Å². The number of allylic oxidation sites excluding steroid dienone is 1. The second kappa shape index (κ2) is 9.17. The molecule has 0 amide bonds. The Morgan fingerprint density at radius 3 is 2.97 bits per heavy atom. The first-order chi connectivity index (χ1) is 15.8. The Balaban J connectivity index is 1.55. The number of hydrogen-bond acceptors (Lipinski definition) is 5. The maximum atomic E-state index is 6.04. The Kier molecular flexibility index (Phi) is 5.95. The number of rotatable bonds is 8. The van der Waals surface area contributed by atoms with E-state index in [0.717, 1.165) is 56.0 Å². The van der Waals surface area contributed by atoms with Crippen molar-refractivity contribution in [3.63, 3.8) is 0 Å². The number of nitrogens with zero attached hydrogens (tertiary/aromatic N) is 4. The number of aryl methyl sites for hydroxylation is 1. The van der Waals surface area contributed by atoms with E-state index >= 15 is 0 Å². The summed E-state index contributed by atoms with van der Waals surface area (Å²) in [7, 11) is 1.97. The lowest BCUT2D eigenvalue weighted by Crippen LogP contribution is -2.22. The van der Waals surface area contributed by atoms with E-state index in [2.05, 4.69) is 63.3 Å². The van der Waals surface area contributed by atoms with Crippen molar-refractivity contribution in [2.75, 3.05) is 31.6 Å². The number of benzene rings is 1. The molecule has 0 saturated heterocycles. The topological polar surface area (TPSA) is 55.2 Å². The molecular weight excluding hydrogens is 398 g/mol. The first-order valence-corrected chi connectivity index (χ1v) is 11.7.